The molecule has 1 atom stereocenters. The fraction of sp³-hybridized carbons (Fsp3) is 0.333. The lowest BCUT2D eigenvalue weighted by Gasteiger charge is -2.17. The molecule has 0 spiro atoms. The third-order valence-electron chi connectivity index (χ3n) is 3.71. The molecular weight excluding hydrogens is 271 g/mol. The summed E-state index contributed by atoms with van der Waals surface area (Å²) in [4.78, 5) is 0. The standard InChI is InChI=1S/C18H20ClF/c1-11(2)14-5-7-15(8-6-14)18(19)17-12(3)9-16(20)10-13(17)4/h5-11,18H,1-4H3. The van der Waals surface area contributed by atoms with Crippen LogP contribution in [0, 0.1) is 19.7 Å². The quantitative estimate of drug-likeness (QED) is 0.618. The Morgan fingerprint density at radius 1 is 0.900 bits per heavy atom. The van der Waals surface area contributed by atoms with Gasteiger partial charge in [0.1, 0.15) is 5.82 Å². The van der Waals surface area contributed by atoms with Gasteiger partial charge in [-0.2, -0.15) is 0 Å². The van der Waals surface area contributed by atoms with Crippen molar-refractivity contribution in [3.05, 3.63) is 70.0 Å². The lowest BCUT2D eigenvalue weighted by Crippen LogP contribution is -2.01. The van der Waals surface area contributed by atoms with Crippen molar-refractivity contribution in [3.8, 4) is 0 Å². The van der Waals surface area contributed by atoms with E-state index in [0.29, 0.717) is 5.92 Å². The van der Waals surface area contributed by atoms with Crippen LogP contribution in [0.25, 0.3) is 0 Å². The highest BCUT2D eigenvalue weighted by Crippen LogP contribution is 2.34. The molecule has 20 heavy (non-hydrogen) atoms. The lowest BCUT2D eigenvalue weighted by molar-refractivity contribution is 0.624. The SMILES string of the molecule is Cc1cc(F)cc(C)c1C(Cl)c1ccc(C(C)C)cc1. The van der Waals surface area contributed by atoms with E-state index in [1.54, 1.807) is 12.1 Å². The Labute approximate surface area is 125 Å². The molecule has 0 amide bonds. The Morgan fingerprint density at radius 3 is 1.80 bits per heavy atom. The van der Waals surface area contributed by atoms with Gasteiger partial charge in [-0.25, -0.2) is 4.39 Å². The van der Waals surface area contributed by atoms with Crippen LogP contribution >= 0.6 is 11.6 Å². The molecule has 0 aliphatic heterocycles. The molecule has 0 saturated heterocycles. The molecule has 0 fully saturated rings. The summed E-state index contributed by atoms with van der Waals surface area (Å²) in [6.45, 7) is 8.15. The highest BCUT2D eigenvalue weighted by molar-refractivity contribution is 6.22. The van der Waals surface area contributed by atoms with Crippen LogP contribution in [0.3, 0.4) is 0 Å². The van der Waals surface area contributed by atoms with E-state index in [1.165, 1.54) is 5.56 Å². The third kappa shape index (κ3) is 3.04. The molecular formula is C18H20ClF. The Kier molecular flexibility index (Phi) is 4.49. The lowest BCUT2D eigenvalue weighted by atomic mass is 9.94. The van der Waals surface area contributed by atoms with Crippen molar-refractivity contribution in [2.75, 3.05) is 0 Å². The van der Waals surface area contributed by atoms with Crippen LogP contribution in [0.5, 0.6) is 0 Å². The molecule has 2 rings (SSSR count). The molecule has 0 aromatic heterocycles. The second-order valence-corrected chi connectivity index (χ2v) is 6.07. The van der Waals surface area contributed by atoms with Gasteiger partial charge in [0.15, 0.2) is 0 Å². The van der Waals surface area contributed by atoms with E-state index in [4.69, 9.17) is 11.6 Å². The predicted octanol–water partition coefficient (Wildman–Crippen LogP) is 5.89. The predicted molar refractivity (Wildman–Crippen MR) is 84.1 cm³/mol. The van der Waals surface area contributed by atoms with Gasteiger partial charge in [-0.05, 0) is 59.7 Å². The normalized spacial score (nSPS) is 12.8. The van der Waals surface area contributed by atoms with Gasteiger partial charge in [-0.15, -0.1) is 11.6 Å². The molecule has 0 bridgehead atoms. The Bertz CT molecular complexity index is 576. The van der Waals surface area contributed by atoms with Gasteiger partial charge in [0, 0.05) is 0 Å². The number of hydrogen-bond acceptors (Lipinski definition) is 0. The first-order valence-corrected chi connectivity index (χ1v) is 7.34. The van der Waals surface area contributed by atoms with Crippen molar-refractivity contribution in [1.82, 2.24) is 0 Å². The van der Waals surface area contributed by atoms with Crippen molar-refractivity contribution in [3.63, 3.8) is 0 Å². The van der Waals surface area contributed by atoms with Crippen LogP contribution in [0.4, 0.5) is 4.39 Å². The molecule has 0 radical (unpaired) electrons. The maximum absolute atomic E-state index is 13.4. The average molecular weight is 291 g/mol. The summed E-state index contributed by atoms with van der Waals surface area (Å²) in [5, 5.41) is -0.239. The van der Waals surface area contributed by atoms with Gasteiger partial charge in [-0.1, -0.05) is 38.1 Å². The monoisotopic (exact) mass is 290 g/mol. The van der Waals surface area contributed by atoms with Crippen molar-refractivity contribution >= 4 is 11.6 Å². The van der Waals surface area contributed by atoms with Gasteiger partial charge in [-0.3, -0.25) is 0 Å². The molecule has 0 heterocycles. The first-order valence-electron chi connectivity index (χ1n) is 6.90. The minimum absolute atomic E-state index is 0.206. The van der Waals surface area contributed by atoms with Crippen LogP contribution in [-0.2, 0) is 0 Å². The summed E-state index contributed by atoms with van der Waals surface area (Å²) in [6.07, 6.45) is 0. The van der Waals surface area contributed by atoms with E-state index in [-0.39, 0.29) is 11.2 Å². The fourth-order valence-electron chi connectivity index (χ4n) is 2.54. The molecule has 2 aromatic carbocycles. The second-order valence-electron chi connectivity index (χ2n) is 5.64. The van der Waals surface area contributed by atoms with Crippen LogP contribution in [0.2, 0.25) is 0 Å². The zero-order valence-electron chi connectivity index (χ0n) is 12.4. The molecule has 0 nitrogen and oxygen atoms in total. The Hall–Kier alpha value is -1.34. The van der Waals surface area contributed by atoms with Crippen LogP contribution < -0.4 is 0 Å². The Balaban J connectivity index is 2.38. The molecule has 0 saturated carbocycles. The average Bonchev–Trinajstić information content (AvgIpc) is 2.37. The summed E-state index contributed by atoms with van der Waals surface area (Å²) in [6, 6.07) is 11.4. The molecule has 2 aromatic rings. The topological polar surface area (TPSA) is 0 Å². The van der Waals surface area contributed by atoms with Gasteiger partial charge >= 0.3 is 0 Å². The van der Waals surface area contributed by atoms with Crippen LogP contribution in [0.15, 0.2) is 36.4 Å². The smallest absolute Gasteiger partial charge is 0.123 e. The molecule has 0 aliphatic rings. The summed E-state index contributed by atoms with van der Waals surface area (Å²) < 4.78 is 13.4. The van der Waals surface area contributed by atoms with Crippen molar-refractivity contribution in [2.45, 2.75) is 39.0 Å². The maximum Gasteiger partial charge on any atom is 0.123 e. The van der Waals surface area contributed by atoms with Crippen molar-refractivity contribution in [2.24, 2.45) is 0 Å². The van der Waals surface area contributed by atoms with Gasteiger partial charge in [0.05, 0.1) is 5.38 Å². The van der Waals surface area contributed by atoms with Crippen molar-refractivity contribution in [1.29, 1.82) is 0 Å². The zero-order valence-corrected chi connectivity index (χ0v) is 13.1. The molecule has 0 aliphatic carbocycles. The maximum atomic E-state index is 13.4. The van der Waals surface area contributed by atoms with E-state index in [1.807, 2.05) is 13.8 Å². The summed E-state index contributed by atoms with van der Waals surface area (Å²) in [5.74, 6) is 0.301. The third-order valence-corrected chi connectivity index (χ3v) is 4.18. The Morgan fingerprint density at radius 2 is 1.35 bits per heavy atom. The number of aryl methyl sites for hydroxylation is 2. The number of halogens is 2. The summed E-state index contributed by atoms with van der Waals surface area (Å²) >= 11 is 6.60. The summed E-state index contributed by atoms with van der Waals surface area (Å²) in [5.41, 5.74) is 5.15. The molecule has 1 unspecified atom stereocenters. The second kappa shape index (κ2) is 5.97. The molecule has 2 heteroatoms. The largest absolute Gasteiger partial charge is 0.207 e. The van der Waals surface area contributed by atoms with E-state index in [0.717, 1.165) is 22.3 Å². The van der Waals surface area contributed by atoms with Gasteiger partial charge in [0.2, 0.25) is 0 Å². The number of rotatable bonds is 3. The fourth-order valence-corrected chi connectivity index (χ4v) is 3.03. The van der Waals surface area contributed by atoms with E-state index < -0.39 is 0 Å². The van der Waals surface area contributed by atoms with E-state index in [2.05, 4.69) is 38.1 Å². The highest BCUT2D eigenvalue weighted by Gasteiger charge is 2.16. The van der Waals surface area contributed by atoms with E-state index in [9.17, 15) is 4.39 Å². The highest BCUT2D eigenvalue weighted by atomic mass is 35.5. The minimum atomic E-state index is -0.239. The van der Waals surface area contributed by atoms with Gasteiger partial charge in [0.25, 0.3) is 0 Å². The number of benzene rings is 2. The number of alkyl halides is 1. The first-order chi connectivity index (χ1) is 9.40. The first kappa shape index (κ1) is 15.1. The minimum Gasteiger partial charge on any atom is -0.207 e. The summed E-state index contributed by atoms with van der Waals surface area (Å²) in [7, 11) is 0. The molecule has 0 N–H and O–H groups in total. The van der Waals surface area contributed by atoms with E-state index >= 15 is 0 Å². The van der Waals surface area contributed by atoms with Crippen molar-refractivity contribution < 1.29 is 4.39 Å². The zero-order chi connectivity index (χ0) is 14.9. The van der Waals surface area contributed by atoms with Crippen LogP contribution in [0.1, 0.15) is 53.0 Å². The van der Waals surface area contributed by atoms with Crippen LogP contribution in [-0.4, -0.2) is 0 Å². The van der Waals surface area contributed by atoms with Gasteiger partial charge < -0.3 is 0 Å². The molecule has 106 valence electrons. The number of hydrogen-bond donors (Lipinski definition) is 0.